The van der Waals surface area contributed by atoms with Gasteiger partial charge in [-0.3, -0.25) is 9.59 Å². The van der Waals surface area contributed by atoms with Crippen molar-refractivity contribution in [1.29, 1.82) is 0 Å². The fourth-order valence-corrected chi connectivity index (χ4v) is 4.68. The Balaban J connectivity index is 1.60. The highest BCUT2D eigenvalue weighted by atomic mass is 19.1. The van der Waals surface area contributed by atoms with E-state index in [-0.39, 0.29) is 30.6 Å². The molecule has 1 aliphatic heterocycles. The number of rotatable bonds is 8. The molecule has 1 aliphatic carbocycles. The number of hydrogen-bond donors (Lipinski definition) is 0. The zero-order valence-corrected chi connectivity index (χ0v) is 19.3. The number of amides is 2. The Kier molecular flexibility index (Phi) is 7.67. The summed E-state index contributed by atoms with van der Waals surface area (Å²) >= 11 is 0. The molecular weight excluding hydrogens is 440 g/mol. The van der Waals surface area contributed by atoms with Gasteiger partial charge in [0.1, 0.15) is 18.2 Å². The van der Waals surface area contributed by atoms with E-state index in [1.54, 1.807) is 37.4 Å². The van der Waals surface area contributed by atoms with Crippen LogP contribution in [0.15, 0.2) is 53.6 Å². The standard InChI is InChI=1S/C26H29F2N3O3/c1-34-15-14-30(26(33)19-6-2-3-7-19)17-25(32)31-24(21-8-4-5-9-22(21)28)16-23(29-31)18-10-12-20(27)13-11-18/h4-5,8-13,19,24H,2-3,6-7,14-17H2,1H3/t24-/m1/s1. The van der Waals surface area contributed by atoms with Gasteiger partial charge in [0.05, 0.1) is 18.4 Å². The highest BCUT2D eigenvalue weighted by molar-refractivity contribution is 6.03. The van der Waals surface area contributed by atoms with Crippen molar-refractivity contribution in [1.82, 2.24) is 9.91 Å². The van der Waals surface area contributed by atoms with Crippen LogP contribution in [0.4, 0.5) is 8.78 Å². The number of carbonyl (C=O) groups is 2. The molecule has 0 spiro atoms. The number of hydrogen-bond acceptors (Lipinski definition) is 4. The van der Waals surface area contributed by atoms with Crippen LogP contribution in [0.1, 0.15) is 49.3 Å². The lowest BCUT2D eigenvalue weighted by atomic mass is 9.98. The Morgan fingerprint density at radius 1 is 1.09 bits per heavy atom. The van der Waals surface area contributed by atoms with Gasteiger partial charge in [0.25, 0.3) is 5.91 Å². The van der Waals surface area contributed by atoms with E-state index in [1.165, 1.54) is 28.1 Å². The van der Waals surface area contributed by atoms with Crippen molar-refractivity contribution < 1.29 is 23.1 Å². The van der Waals surface area contributed by atoms with E-state index in [4.69, 9.17) is 4.74 Å². The van der Waals surface area contributed by atoms with Gasteiger partial charge in [-0.05, 0) is 36.6 Å². The Bertz CT molecular complexity index is 1050. The summed E-state index contributed by atoms with van der Waals surface area (Å²) < 4.78 is 33.3. The van der Waals surface area contributed by atoms with Crippen molar-refractivity contribution in [2.75, 3.05) is 26.8 Å². The van der Waals surface area contributed by atoms with Crippen LogP contribution in [0, 0.1) is 17.6 Å². The molecule has 2 aromatic rings. The second kappa shape index (κ2) is 10.9. The summed E-state index contributed by atoms with van der Waals surface area (Å²) in [5, 5.41) is 5.80. The quantitative estimate of drug-likeness (QED) is 0.579. The summed E-state index contributed by atoms with van der Waals surface area (Å²) in [7, 11) is 1.55. The third-order valence-electron chi connectivity index (χ3n) is 6.52. The summed E-state index contributed by atoms with van der Waals surface area (Å²) in [5.74, 6) is -1.33. The lowest BCUT2D eigenvalue weighted by molar-refractivity contribution is -0.144. The summed E-state index contributed by atoms with van der Waals surface area (Å²) in [6.45, 7) is 0.445. The molecule has 0 radical (unpaired) electrons. The first-order valence-electron chi connectivity index (χ1n) is 11.7. The number of hydrazone groups is 1. The zero-order valence-electron chi connectivity index (χ0n) is 19.3. The Labute approximate surface area is 198 Å². The van der Waals surface area contributed by atoms with Crippen LogP contribution in [0.3, 0.4) is 0 Å². The molecule has 6 nitrogen and oxygen atoms in total. The molecule has 1 fully saturated rings. The number of carbonyl (C=O) groups excluding carboxylic acids is 2. The van der Waals surface area contributed by atoms with Crippen molar-refractivity contribution in [2.24, 2.45) is 11.0 Å². The van der Waals surface area contributed by atoms with Gasteiger partial charge in [-0.2, -0.15) is 5.10 Å². The topological polar surface area (TPSA) is 62.2 Å². The Hall–Kier alpha value is -3.13. The average Bonchev–Trinajstić information content (AvgIpc) is 3.53. The SMILES string of the molecule is COCCN(CC(=O)N1N=C(c2ccc(F)cc2)C[C@@H]1c1ccccc1F)C(=O)C1CCCC1. The van der Waals surface area contributed by atoms with Crippen LogP contribution in [0.5, 0.6) is 0 Å². The van der Waals surface area contributed by atoms with Crippen LogP contribution in [0.2, 0.25) is 0 Å². The molecule has 1 saturated carbocycles. The maximum absolute atomic E-state index is 14.7. The summed E-state index contributed by atoms with van der Waals surface area (Å²) in [6.07, 6.45) is 3.95. The number of nitrogens with zero attached hydrogens (tertiary/aromatic N) is 3. The minimum atomic E-state index is -0.653. The van der Waals surface area contributed by atoms with Crippen molar-refractivity contribution in [2.45, 2.75) is 38.1 Å². The molecule has 0 aromatic heterocycles. The van der Waals surface area contributed by atoms with Crippen LogP contribution >= 0.6 is 0 Å². The summed E-state index contributed by atoms with van der Waals surface area (Å²) in [6, 6.07) is 11.5. The Morgan fingerprint density at radius 2 is 1.79 bits per heavy atom. The van der Waals surface area contributed by atoms with E-state index < -0.39 is 17.8 Å². The van der Waals surface area contributed by atoms with E-state index in [0.717, 1.165) is 25.7 Å². The molecule has 2 aliphatic rings. The first kappa shape index (κ1) is 24.0. The van der Waals surface area contributed by atoms with Crippen LogP contribution in [0.25, 0.3) is 0 Å². The molecule has 1 heterocycles. The molecule has 2 amide bonds. The van der Waals surface area contributed by atoms with E-state index in [2.05, 4.69) is 5.10 Å². The van der Waals surface area contributed by atoms with Crippen molar-refractivity contribution >= 4 is 17.5 Å². The largest absolute Gasteiger partial charge is 0.383 e. The number of benzene rings is 2. The molecule has 2 aromatic carbocycles. The normalized spacial score (nSPS) is 18.3. The van der Waals surface area contributed by atoms with E-state index >= 15 is 0 Å². The smallest absolute Gasteiger partial charge is 0.262 e. The number of halogens is 2. The van der Waals surface area contributed by atoms with Gasteiger partial charge < -0.3 is 9.64 Å². The Morgan fingerprint density at radius 3 is 2.47 bits per heavy atom. The van der Waals surface area contributed by atoms with Crippen LogP contribution in [-0.2, 0) is 14.3 Å². The van der Waals surface area contributed by atoms with Gasteiger partial charge in [-0.15, -0.1) is 0 Å². The molecule has 0 bridgehead atoms. The zero-order chi connectivity index (χ0) is 24.1. The van der Waals surface area contributed by atoms with Gasteiger partial charge in [-0.1, -0.05) is 43.2 Å². The lowest BCUT2D eigenvalue weighted by Crippen LogP contribution is -2.44. The molecule has 0 N–H and O–H groups in total. The predicted molar refractivity (Wildman–Crippen MR) is 124 cm³/mol. The monoisotopic (exact) mass is 469 g/mol. The first-order valence-corrected chi connectivity index (χ1v) is 11.7. The maximum Gasteiger partial charge on any atom is 0.262 e. The lowest BCUT2D eigenvalue weighted by Gasteiger charge is -2.28. The van der Waals surface area contributed by atoms with E-state index in [0.29, 0.717) is 30.0 Å². The third kappa shape index (κ3) is 5.33. The number of ether oxygens (including phenoxy) is 1. The van der Waals surface area contributed by atoms with E-state index in [1.807, 2.05) is 0 Å². The van der Waals surface area contributed by atoms with Crippen molar-refractivity contribution in [3.8, 4) is 0 Å². The average molecular weight is 470 g/mol. The molecule has 0 unspecified atom stereocenters. The van der Waals surface area contributed by atoms with Gasteiger partial charge in [0.2, 0.25) is 5.91 Å². The second-order valence-corrected chi connectivity index (χ2v) is 8.77. The fourth-order valence-electron chi connectivity index (χ4n) is 4.68. The predicted octanol–water partition coefficient (Wildman–Crippen LogP) is 4.31. The van der Waals surface area contributed by atoms with Crippen molar-refractivity contribution in [3.63, 3.8) is 0 Å². The van der Waals surface area contributed by atoms with Gasteiger partial charge >= 0.3 is 0 Å². The second-order valence-electron chi connectivity index (χ2n) is 8.77. The van der Waals surface area contributed by atoms with Gasteiger partial charge in [-0.25, -0.2) is 13.8 Å². The van der Waals surface area contributed by atoms with E-state index in [9.17, 15) is 18.4 Å². The molecule has 4 rings (SSSR count). The maximum atomic E-state index is 14.7. The number of methoxy groups -OCH3 is 1. The van der Waals surface area contributed by atoms with Gasteiger partial charge in [0.15, 0.2) is 0 Å². The molecule has 180 valence electrons. The van der Waals surface area contributed by atoms with Crippen molar-refractivity contribution in [3.05, 3.63) is 71.3 Å². The highest BCUT2D eigenvalue weighted by Crippen LogP contribution is 2.34. The molecular formula is C26H29F2N3O3. The third-order valence-corrected chi connectivity index (χ3v) is 6.52. The molecule has 34 heavy (non-hydrogen) atoms. The van der Waals surface area contributed by atoms with Crippen LogP contribution in [-0.4, -0.2) is 54.2 Å². The van der Waals surface area contributed by atoms with Gasteiger partial charge in [0, 0.05) is 31.6 Å². The summed E-state index contributed by atoms with van der Waals surface area (Å²) in [5.41, 5.74) is 1.57. The van der Waals surface area contributed by atoms with Crippen LogP contribution < -0.4 is 0 Å². The fraction of sp³-hybridized carbons (Fsp3) is 0.423. The highest BCUT2D eigenvalue weighted by Gasteiger charge is 2.36. The minimum absolute atomic E-state index is 0.0488. The minimum Gasteiger partial charge on any atom is -0.383 e. The molecule has 1 atom stereocenters. The molecule has 0 saturated heterocycles. The molecule has 8 heteroatoms. The summed E-state index contributed by atoms with van der Waals surface area (Å²) in [4.78, 5) is 28.1. The first-order chi connectivity index (χ1) is 16.5.